The molecule has 19 heavy (non-hydrogen) atoms. The minimum absolute atomic E-state index is 0.386. The Balaban J connectivity index is 1.99. The standard InChI is InChI=1S/C13H23N5O/c1-4-6-9-8-10(9)15-12-16-11(14-3)17-13(18-12)19-7-5-2/h9-10H,4-8H2,1-3H3,(H2,14,15,16,17,18). The zero-order valence-corrected chi connectivity index (χ0v) is 11.9. The topological polar surface area (TPSA) is 72.0 Å². The molecular formula is C13H23N5O. The summed E-state index contributed by atoms with van der Waals surface area (Å²) in [6.07, 6.45) is 4.64. The van der Waals surface area contributed by atoms with Crippen molar-refractivity contribution in [3.05, 3.63) is 0 Å². The maximum absolute atomic E-state index is 5.47. The Bertz CT molecular complexity index is 412. The fraction of sp³-hybridized carbons (Fsp3) is 0.769. The molecule has 2 rings (SSSR count). The summed E-state index contributed by atoms with van der Waals surface area (Å²) in [4.78, 5) is 12.8. The molecule has 0 spiro atoms. The average Bonchev–Trinajstić information content (AvgIpc) is 3.14. The molecule has 0 aliphatic heterocycles. The lowest BCUT2D eigenvalue weighted by Crippen LogP contribution is -2.12. The van der Waals surface area contributed by atoms with E-state index in [0.717, 1.165) is 12.3 Å². The van der Waals surface area contributed by atoms with Gasteiger partial charge < -0.3 is 15.4 Å². The van der Waals surface area contributed by atoms with Crippen molar-refractivity contribution in [2.24, 2.45) is 5.92 Å². The average molecular weight is 265 g/mol. The normalized spacial score (nSPS) is 21.0. The molecule has 0 radical (unpaired) electrons. The molecule has 0 bridgehead atoms. The maximum Gasteiger partial charge on any atom is 0.323 e. The molecule has 2 atom stereocenters. The molecule has 2 unspecified atom stereocenters. The molecule has 1 fully saturated rings. The summed E-state index contributed by atoms with van der Waals surface area (Å²) in [5.41, 5.74) is 0. The van der Waals surface area contributed by atoms with E-state index in [1.54, 1.807) is 7.05 Å². The lowest BCUT2D eigenvalue weighted by molar-refractivity contribution is 0.292. The SMILES string of the molecule is CCCOc1nc(NC)nc(NC2CC2CCC)n1. The number of rotatable bonds is 8. The third-order valence-corrected chi connectivity index (χ3v) is 3.17. The largest absolute Gasteiger partial charge is 0.463 e. The number of hydrogen-bond acceptors (Lipinski definition) is 6. The number of aromatic nitrogens is 3. The Kier molecular flexibility index (Phi) is 4.76. The minimum atomic E-state index is 0.386. The van der Waals surface area contributed by atoms with Gasteiger partial charge in [0.1, 0.15) is 0 Å². The van der Waals surface area contributed by atoms with E-state index in [9.17, 15) is 0 Å². The first-order chi connectivity index (χ1) is 9.26. The third kappa shape index (κ3) is 3.94. The summed E-state index contributed by atoms with van der Waals surface area (Å²) in [5.74, 6) is 1.91. The van der Waals surface area contributed by atoms with Gasteiger partial charge in [-0.05, 0) is 25.2 Å². The van der Waals surface area contributed by atoms with Crippen LogP contribution in [-0.4, -0.2) is 34.6 Å². The fourth-order valence-electron chi connectivity index (χ4n) is 2.07. The molecule has 0 amide bonds. The van der Waals surface area contributed by atoms with Crippen LogP contribution in [0.3, 0.4) is 0 Å². The second-order valence-electron chi connectivity index (χ2n) is 4.90. The fourth-order valence-corrected chi connectivity index (χ4v) is 2.07. The van der Waals surface area contributed by atoms with Gasteiger partial charge in [0.15, 0.2) is 0 Å². The van der Waals surface area contributed by atoms with Gasteiger partial charge in [-0.15, -0.1) is 0 Å². The quantitative estimate of drug-likeness (QED) is 0.751. The molecular weight excluding hydrogens is 242 g/mol. The first-order valence-corrected chi connectivity index (χ1v) is 7.10. The number of nitrogens with zero attached hydrogens (tertiary/aromatic N) is 3. The summed E-state index contributed by atoms with van der Waals surface area (Å²) in [7, 11) is 1.79. The van der Waals surface area contributed by atoms with Crippen LogP contribution in [0.25, 0.3) is 0 Å². The molecule has 0 saturated heterocycles. The number of anilines is 2. The van der Waals surface area contributed by atoms with Crippen LogP contribution in [-0.2, 0) is 0 Å². The second kappa shape index (κ2) is 6.54. The molecule has 106 valence electrons. The van der Waals surface area contributed by atoms with Crippen LogP contribution in [0.5, 0.6) is 6.01 Å². The van der Waals surface area contributed by atoms with Crippen molar-refractivity contribution in [3.8, 4) is 6.01 Å². The van der Waals surface area contributed by atoms with E-state index in [1.165, 1.54) is 19.3 Å². The van der Waals surface area contributed by atoms with Crippen molar-refractivity contribution >= 4 is 11.9 Å². The number of hydrogen-bond donors (Lipinski definition) is 2. The van der Waals surface area contributed by atoms with E-state index >= 15 is 0 Å². The highest BCUT2D eigenvalue weighted by Crippen LogP contribution is 2.36. The minimum Gasteiger partial charge on any atom is -0.463 e. The van der Waals surface area contributed by atoms with Gasteiger partial charge in [-0.2, -0.15) is 15.0 Å². The zero-order valence-electron chi connectivity index (χ0n) is 11.9. The van der Waals surface area contributed by atoms with E-state index in [0.29, 0.717) is 30.6 Å². The summed E-state index contributed by atoms with van der Waals surface area (Å²) in [5, 5.41) is 6.29. The highest BCUT2D eigenvalue weighted by atomic mass is 16.5. The summed E-state index contributed by atoms with van der Waals surface area (Å²) in [6.45, 7) is 4.89. The van der Waals surface area contributed by atoms with E-state index in [1.807, 2.05) is 0 Å². The van der Waals surface area contributed by atoms with E-state index in [-0.39, 0.29) is 0 Å². The van der Waals surface area contributed by atoms with Gasteiger partial charge in [0.05, 0.1) is 6.61 Å². The molecule has 1 aromatic heterocycles. The molecule has 2 N–H and O–H groups in total. The van der Waals surface area contributed by atoms with Crippen LogP contribution >= 0.6 is 0 Å². The van der Waals surface area contributed by atoms with Crippen molar-refractivity contribution in [1.29, 1.82) is 0 Å². The van der Waals surface area contributed by atoms with Gasteiger partial charge in [0, 0.05) is 13.1 Å². The van der Waals surface area contributed by atoms with Crippen LogP contribution < -0.4 is 15.4 Å². The van der Waals surface area contributed by atoms with Gasteiger partial charge in [-0.3, -0.25) is 0 Å². The van der Waals surface area contributed by atoms with Crippen LogP contribution in [0.2, 0.25) is 0 Å². The molecule has 1 aromatic rings. The lowest BCUT2D eigenvalue weighted by Gasteiger charge is -2.08. The molecule has 1 saturated carbocycles. The van der Waals surface area contributed by atoms with Crippen LogP contribution in [0, 0.1) is 5.92 Å². The molecule has 0 aromatic carbocycles. The Morgan fingerprint density at radius 1 is 1.16 bits per heavy atom. The van der Waals surface area contributed by atoms with Gasteiger partial charge in [0.2, 0.25) is 11.9 Å². The predicted octanol–water partition coefficient (Wildman–Crippen LogP) is 2.30. The second-order valence-corrected chi connectivity index (χ2v) is 4.90. The molecule has 1 aliphatic carbocycles. The van der Waals surface area contributed by atoms with Gasteiger partial charge in [-0.25, -0.2) is 0 Å². The monoisotopic (exact) mass is 265 g/mol. The van der Waals surface area contributed by atoms with Crippen molar-refractivity contribution in [1.82, 2.24) is 15.0 Å². The highest BCUT2D eigenvalue weighted by molar-refractivity contribution is 5.37. The number of ether oxygens (including phenoxy) is 1. The Labute approximate surface area is 114 Å². The van der Waals surface area contributed by atoms with Crippen molar-refractivity contribution in [3.63, 3.8) is 0 Å². The Hall–Kier alpha value is -1.59. The van der Waals surface area contributed by atoms with Crippen molar-refractivity contribution < 1.29 is 4.74 Å². The predicted molar refractivity (Wildman–Crippen MR) is 75.6 cm³/mol. The Morgan fingerprint density at radius 3 is 2.63 bits per heavy atom. The molecule has 6 heteroatoms. The van der Waals surface area contributed by atoms with Crippen LogP contribution in [0.1, 0.15) is 39.5 Å². The lowest BCUT2D eigenvalue weighted by atomic mass is 10.2. The van der Waals surface area contributed by atoms with Crippen LogP contribution in [0.15, 0.2) is 0 Å². The summed E-state index contributed by atoms with van der Waals surface area (Å²) < 4.78 is 5.47. The summed E-state index contributed by atoms with van der Waals surface area (Å²) in [6, 6.07) is 0.891. The van der Waals surface area contributed by atoms with E-state index in [4.69, 9.17) is 4.74 Å². The highest BCUT2D eigenvalue weighted by Gasteiger charge is 2.36. The molecule has 1 aliphatic rings. The van der Waals surface area contributed by atoms with Crippen molar-refractivity contribution in [2.45, 2.75) is 45.6 Å². The van der Waals surface area contributed by atoms with Crippen molar-refractivity contribution in [2.75, 3.05) is 24.3 Å². The zero-order chi connectivity index (χ0) is 13.7. The molecule has 1 heterocycles. The third-order valence-electron chi connectivity index (χ3n) is 3.17. The first-order valence-electron chi connectivity index (χ1n) is 7.10. The Morgan fingerprint density at radius 2 is 1.95 bits per heavy atom. The van der Waals surface area contributed by atoms with E-state index in [2.05, 4.69) is 39.4 Å². The van der Waals surface area contributed by atoms with Crippen LogP contribution in [0.4, 0.5) is 11.9 Å². The smallest absolute Gasteiger partial charge is 0.323 e. The summed E-state index contributed by atoms with van der Waals surface area (Å²) >= 11 is 0. The van der Waals surface area contributed by atoms with Gasteiger partial charge in [0.25, 0.3) is 0 Å². The molecule has 6 nitrogen and oxygen atoms in total. The van der Waals surface area contributed by atoms with Gasteiger partial charge in [-0.1, -0.05) is 20.3 Å². The number of nitrogens with one attached hydrogen (secondary N) is 2. The van der Waals surface area contributed by atoms with Gasteiger partial charge >= 0.3 is 6.01 Å². The maximum atomic E-state index is 5.47. The van der Waals surface area contributed by atoms with E-state index < -0.39 is 0 Å². The first kappa shape index (κ1) is 13.8.